The number of carbonyl (C=O) groups is 2. The standard InChI is InChI=1S/C12H12ClN3O3/c13-9-2-1-3-10(14-9)15-11(17)8-5-6-4-7(6)16(8)12(18)19/h1-3,6-8H,4-5H2,(H,18,19)(H,14,15,17). The third-order valence-corrected chi connectivity index (χ3v) is 3.80. The van der Waals surface area contributed by atoms with Crippen molar-refractivity contribution >= 4 is 29.4 Å². The molecule has 1 saturated heterocycles. The van der Waals surface area contributed by atoms with Crippen molar-refractivity contribution in [2.75, 3.05) is 5.32 Å². The van der Waals surface area contributed by atoms with Crippen LogP contribution in [0.1, 0.15) is 12.8 Å². The Kier molecular flexibility index (Phi) is 2.82. The molecule has 3 atom stereocenters. The zero-order valence-electron chi connectivity index (χ0n) is 9.91. The van der Waals surface area contributed by atoms with Gasteiger partial charge in [0, 0.05) is 6.04 Å². The van der Waals surface area contributed by atoms with E-state index in [4.69, 9.17) is 16.7 Å². The number of rotatable bonds is 2. The number of carboxylic acid groups (broad SMARTS) is 1. The van der Waals surface area contributed by atoms with Crippen molar-refractivity contribution in [3.63, 3.8) is 0 Å². The Morgan fingerprint density at radius 3 is 2.89 bits per heavy atom. The predicted octanol–water partition coefficient (Wildman–Crippen LogP) is 1.81. The summed E-state index contributed by atoms with van der Waals surface area (Å²) < 4.78 is 0. The fourth-order valence-corrected chi connectivity index (χ4v) is 2.82. The molecule has 7 heteroatoms. The van der Waals surface area contributed by atoms with Gasteiger partial charge in [-0.3, -0.25) is 9.69 Å². The number of likely N-dealkylation sites (tertiary alicyclic amines) is 1. The molecule has 1 aliphatic carbocycles. The van der Waals surface area contributed by atoms with Gasteiger partial charge in [0.15, 0.2) is 0 Å². The highest BCUT2D eigenvalue weighted by Crippen LogP contribution is 2.47. The number of aromatic nitrogens is 1. The minimum atomic E-state index is -1.04. The Balaban J connectivity index is 1.72. The molecule has 100 valence electrons. The number of halogens is 1. The zero-order chi connectivity index (χ0) is 13.6. The first-order valence-corrected chi connectivity index (χ1v) is 6.39. The third kappa shape index (κ3) is 2.23. The number of hydrogen-bond donors (Lipinski definition) is 2. The number of hydrogen-bond acceptors (Lipinski definition) is 3. The maximum atomic E-state index is 12.1. The molecule has 0 radical (unpaired) electrons. The monoisotopic (exact) mass is 281 g/mol. The second-order valence-electron chi connectivity index (χ2n) is 4.84. The maximum absolute atomic E-state index is 12.1. The summed E-state index contributed by atoms with van der Waals surface area (Å²) in [6, 6.07) is 4.28. The first-order chi connectivity index (χ1) is 9.06. The molecule has 2 N–H and O–H groups in total. The molecule has 1 aromatic heterocycles. The molecule has 0 bridgehead atoms. The second-order valence-corrected chi connectivity index (χ2v) is 5.23. The summed E-state index contributed by atoms with van der Waals surface area (Å²) in [4.78, 5) is 28.5. The van der Waals surface area contributed by atoms with Crippen molar-refractivity contribution in [1.29, 1.82) is 0 Å². The number of amides is 2. The first kappa shape index (κ1) is 12.2. The molecule has 2 amide bonds. The number of anilines is 1. The highest BCUT2D eigenvalue weighted by Gasteiger charge is 2.56. The molecule has 3 rings (SSSR count). The number of nitrogens with zero attached hydrogens (tertiary/aromatic N) is 2. The summed E-state index contributed by atoms with van der Waals surface area (Å²) >= 11 is 5.73. The summed E-state index contributed by atoms with van der Waals surface area (Å²) in [5.74, 6) is 0.326. The quantitative estimate of drug-likeness (QED) is 0.810. The molecule has 2 fully saturated rings. The van der Waals surface area contributed by atoms with Gasteiger partial charge in [0.05, 0.1) is 0 Å². The van der Waals surface area contributed by atoms with Crippen LogP contribution in [0.4, 0.5) is 10.6 Å². The van der Waals surface area contributed by atoms with Gasteiger partial charge in [-0.1, -0.05) is 17.7 Å². The summed E-state index contributed by atoms with van der Waals surface area (Å²) in [5.41, 5.74) is 0. The van der Waals surface area contributed by atoms with E-state index in [1.165, 1.54) is 4.90 Å². The normalized spacial score (nSPS) is 27.8. The molecular weight excluding hydrogens is 270 g/mol. The van der Waals surface area contributed by atoms with Crippen LogP contribution < -0.4 is 5.32 Å². The van der Waals surface area contributed by atoms with Gasteiger partial charge in [0.2, 0.25) is 5.91 Å². The number of fused-ring (bicyclic) bond motifs is 1. The van der Waals surface area contributed by atoms with E-state index in [9.17, 15) is 9.59 Å². The molecule has 2 heterocycles. The van der Waals surface area contributed by atoms with Crippen molar-refractivity contribution in [2.24, 2.45) is 5.92 Å². The van der Waals surface area contributed by atoms with Crippen molar-refractivity contribution in [3.8, 4) is 0 Å². The van der Waals surface area contributed by atoms with Crippen molar-refractivity contribution in [2.45, 2.75) is 24.9 Å². The Hall–Kier alpha value is -1.82. The van der Waals surface area contributed by atoms with E-state index < -0.39 is 12.1 Å². The molecule has 1 aromatic rings. The van der Waals surface area contributed by atoms with Crippen LogP contribution in [0.15, 0.2) is 18.2 Å². The molecule has 2 aliphatic rings. The van der Waals surface area contributed by atoms with Gasteiger partial charge in [0.1, 0.15) is 17.0 Å². The summed E-state index contributed by atoms with van der Waals surface area (Å²) in [6.45, 7) is 0. The van der Waals surface area contributed by atoms with E-state index in [2.05, 4.69) is 10.3 Å². The summed E-state index contributed by atoms with van der Waals surface area (Å²) in [6.07, 6.45) is 0.415. The molecule has 0 aromatic carbocycles. The largest absolute Gasteiger partial charge is 0.465 e. The van der Waals surface area contributed by atoms with Crippen LogP contribution in [0.3, 0.4) is 0 Å². The number of piperidine rings is 1. The van der Waals surface area contributed by atoms with E-state index >= 15 is 0 Å². The molecule has 6 nitrogen and oxygen atoms in total. The van der Waals surface area contributed by atoms with Crippen LogP contribution in [0.5, 0.6) is 0 Å². The van der Waals surface area contributed by atoms with Crippen LogP contribution in [0.25, 0.3) is 0 Å². The lowest BCUT2D eigenvalue weighted by Gasteiger charge is -2.23. The van der Waals surface area contributed by atoms with E-state index in [1.54, 1.807) is 18.2 Å². The molecule has 0 spiro atoms. The van der Waals surface area contributed by atoms with Crippen LogP contribution in [-0.2, 0) is 4.79 Å². The highest BCUT2D eigenvalue weighted by atomic mass is 35.5. The Bertz CT molecular complexity index is 551. The lowest BCUT2D eigenvalue weighted by molar-refractivity contribution is -0.120. The Morgan fingerprint density at radius 2 is 2.21 bits per heavy atom. The number of nitrogens with one attached hydrogen (secondary N) is 1. The fourth-order valence-electron chi connectivity index (χ4n) is 2.65. The van der Waals surface area contributed by atoms with Crippen molar-refractivity contribution < 1.29 is 14.7 Å². The fraction of sp³-hybridized carbons (Fsp3) is 0.417. The zero-order valence-corrected chi connectivity index (χ0v) is 10.7. The van der Waals surface area contributed by atoms with Gasteiger partial charge in [0.25, 0.3) is 0 Å². The van der Waals surface area contributed by atoms with Crippen LogP contribution >= 0.6 is 11.6 Å². The van der Waals surface area contributed by atoms with Gasteiger partial charge in [-0.25, -0.2) is 9.78 Å². The summed E-state index contributed by atoms with van der Waals surface area (Å²) in [5, 5.41) is 12.0. The molecular formula is C12H12ClN3O3. The predicted molar refractivity (Wildman–Crippen MR) is 68.0 cm³/mol. The van der Waals surface area contributed by atoms with Crippen LogP contribution in [0, 0.1) is 5.92 Å². The molecule has 19 heavy (non-hydrogen) atoms. The van der Waals surface area contributed by atoms with Gasteiger partial charge in [-0.05, 0) is 30.9 Å². The van der Waals surface area contributed by atoms with Crippen LogP contribution in [-0.4, -0.2) is 39.1 Å². The lowest BCUT2D eigenvalue weighted by Crippen LogP contribution is -2.44. The Labute approximate surface area is 114 Å². The van der Waals surface area contributed by atoms with Gasteiger partial charge < -0.3 is 10.4 Å². The van der Waals surface area contributed by atoms with Gasteiger partial charge in [-0.15, -0.1) is 0 Å². The third-order valence-electron chi connectivity index (χ3n) is 3.59. The lowest BCUT2D eigenvalue weighted by atomic mass is 10.1. The molecule has 3 unspecified atom stereocenters. The van der Waals surface area contributed by atoms with E-state index in [0.29, 0.717) is 18.2 Å². The average Bonchev–Trinajstić information content (AvgIpc) is 2.99. The Morgan fingerprint density at radius 1 is 1.42 bits per heavy atom. The number of pyridine rings is 1. The number of carbonyl (C=O) groups excluding carboxylic acids is 1. The first-order valence-electron chi connectivity index (χ1n) is 6.01. The van der Waals surface area contributed by atoms with Crippen LogP contribution in [0.2, 0.25) is 5.15 Å². The highest BCUT2D eigenvalue weighted by molar-refractivity contribution is 6.29. The van der Waals surface area contributed by atoms with E-state index in [-0.39, 0.29) is 17.1 Å². The smallest absolute Gasteiger partial charge is 0.408 e. The minimum absolute atomic E-state index is 0.0144. The van der Waals surface area contributed by atoms with Crippen molar-refractivity contribution in [1.82, 2.24) is 9.88 Å². The molecule has 1 aliphatic heterocycles. The minimum Gasteiger partial charge on any atom is -0.465 e. The summed E-state index contributed by atoms with van der Waals surface area (Å²) in [7, 11) is 0. The maximum Gasteiger partial charge on any atom is 0.408 e. The molecule has 1 saturated carbocycles. The van der Waals surface area contributed by atoms with Crippen molar-refractivity contribution in [3.05, 3.63) is 23.4 Å². The SMILES string of the molecule is O=C(Nc1cccc(Cl)n1)C1CC2CC2N1C(=O)O. The van der Waals surface area contributed by atoms with E-state index in [0.717, 1.165) is 6.42 Å². The van der Waals surface area contributed by atoms with Gasteiger partial charge >= 0.3 is 6.09 Å². The van der Waals surface area contributed by atoms with E-state index in [1.807, 2.05) is 0 Å². The topological polar surface area (TPSA) is 82.5 Å². The average molecular weight is 282 g/mol. The van der Waals surface area contributed by atoms with Gasteiger partial charge in [-0.2, -0.15) is 0 Å². The second kappa shape index (κ2) is 4.38.